The van der Waals surface area contributed by atoms with Gasteiger partial charge in [0.15, 0.2) is 12.4 Å². The minimum Gasteiger partial charge on any atom is -0.542 e. The van der Waals surface area contributed by atoms with Gasteiger partial charge in [0.05, 0.1) is 0 Å². The number of carboxylic acids is 1. The summed E-state index contributed by atoms with van der Waals surface area (Å²) in [6, 6.07) is 14.3. The SMILES string of the molecule is NCc1ccc(-[n+]2ccccc2)cc1.O=C([O-])C(F)(F)F. The van der Waals surface area contributed by atoms with Crippen LogP contribution in [0.3, 0.4) is 0 Å². The molecule has 1 heterocycles. The van der Waals surface area contributed by atoms with E-state index < -0.39 is 12.1 Å². The van der Waals surface area contributed by atoms with Gasteiger partial charge in [0.1, 0.15) is 5.97 Å². The zero-order valence-electron chi connectivity index (χ0n) is 10.9. The lowest BCUT2D eigenvalue weighted by Gasteiger charge is -2.03. The van der Waals surface area contributed by atoms with Gasteiger partial charge in [-0.2, -0.15) is 17.7 Å². The summed E-state index contributed by atoms with van der Waals surface area (Å²) >= 11 is 0. The van der Waals surface area contributed by atoms with Gasteiger partial charge < -0.3 is 15.6 Å². The smallest absolute Gasteiger partial charge is 0.430 e. The fourth-order valence-corrected chi connectivity index (χ4v) is 1.37. The van der Waals surface area contributed by atoms with Crippen molar-refractivity contribution in [1.29, 1.82) is 0 Å². The molecule has 0 fully saturated rings. The lowest BCUT2D eigenvalue weighted by Crippen LogP contribution is -2.37. The van der Waals surface area contributed by atoms with Gasteiger partial charge in [0.2, 0.25) is 5.69 Å². The Labute approximate surface area is 119 Å². The Kier molecular flexibility index (Phi) is 5.86. The molecule has 112 valence electrons. The van der Waals surface area contributed by atoms with Crippen LogP contribution in [-0.2, 0) is 11.3 Å². The maximum Gasteiger partial charge on any atom is 0.430 e. The lowest BCUT2D eigenvalue weighted by atomic mass is 10.2. The van der Waals surface area contributed by atoms with Crippen LogP contribution in [0.25, 0.3) is 5.69 Å². The number of nitrogens with two attached hydrogens (primary N) is 1. The predicted molar refractivity (Wildman–Crippen MR) is 66.9 cm³/mol. The molecule has 0 aliphatic heterocycles. The maximum absolute atomic E-state index is 10.5. The molecular formula is C14H13F3N2O2. The molecule has 2 aromatic rings. The van der Waals surface area contributed by atoms with Crippen molar-refractivity contribution < 1.29 is 27.6 Å². The van der Waals surface area contributed by atoms with Crippen molar-refractivity contribution in [1.82, 2.24) is 0 Å². The zero-order valence-corrected chi connectivity index (χ0v) is 10.9. The Morgan fingerprint density at radius 3 is 1.95 bits per heavy atom. The van der Waals surface area contributed by atoms with E-state index in [4.69, 9.17) is 15.6 Å². The molecule has 0 saturated carbocycles. The monoisotopic (exact) mass is 298 g/mol. The fraction of sp³-hybridized carbons (Fsp3) is 0.143. The number of nitrogens with zero attached hydrogens (tertiary/aromatic N) is 1. The van der Waals surface area contributed by atoms with E-state index >= 15 is 0 Å². The van der Waals surface area contributed by atoms with Crippen molar-refractivity contribution in [3.05, 3.63) is 60.4 Å². The van der Waals surface area contributed by atoms with E-state index in [1.807, 2.05) is 30.6 Å². The summed E-state index contributed by atoms with van der Waals surface area (Å²) in [6.45, 7) is 0.597. The first kappa shape index (κ1) is 16.6. The number of hydrogen-bond donors (Lipinski definition) is 1. The van der Waals surface area contributed by atoms with E-state index in [9.17, 15) is 13.2 Å². The number of alkyl halides is 3. The van der Waals surface area contributed by atoms with Crippen molar-refractivity contribution in [2.45, 2.75) is 12.7 Å². The number of benzene rings is 1. The third-order valence-electron chi connectivity index (χ3n) is 2.42. The van der Waals surface area contributed by atoms with Crippen LogP contribution >= 0.6 is 0 Å². The van der Waals surface area contributed by atoms with E-state index in [1.165, 1.54) is 0 Å². The summed E-state index contributed by atoms with van der Waals surface area (Å²) in [7, 11) is 0. The fourth-order valence-electron chi connectivity index (χ4n) is 1.37. The highest BCUT2D eigenvalue weighted by atomic mass is 19.4. The van der Waals surface area contributed by atoms with E-state index in [0.29, 0.717) is 6.54 Å². The third kappa shape index (κ3) is 5.62. The quantitative estimate of drug-likeness (QED) is 0.831. The van der Waals surface area contributed by atoms with Crippen LogP contribution < -0.4 is 15.4 Å². The molecule has 1 aromatic carbocycles. The molecule has 1 aromatic heterocycles. The second-order valence-electron chi connectivity index (χ2n) is 3.94. The molecule has 0 bridgehead atoms. The standard InChI is InChI=1S/C12H13N2.C2HF3O2/c13-10-11-4-6-12(7-5-11)14-8-2-1-3-9-14;3-2(4,5)1(6)7/h1-9H,10,13H2;(H,6,7)/q+1;/p-1. The van der Waals surface area contributed by atoms with Gasteiger partial charge in [0.25, 0.3) is 0 Å². The molecule has 0 aliphatic carbocycles. The minimum atomic E-state index is -5.19. The highest BCUT2D eigenvalue weighted by Gasteiger charge is 2.28. The molecule has 21 heavy (non-hydrogen) atoms. The Hall–Kier alpha value is -2.41. The Morgan fingerprint density at radius 1 is 1.10 bits per heavy atom. The van der Waals surface area contributed by atoms with Gasteiger partial charge in [-0.05, 0) is 5.56 Å². The van der Waals surface area contributed by atoms with E-state index in [2.05, 4.69) is 28.8 Å². The molecule has 2 N–H and O–H groups in total. The maximum atomic E-state index is 10.5. The molecule has 4 nitrogen and oxygen atoms in total. The summed E-state index contributed by atoms with van der Waals surface area (Å²) in [5.41, 5.74) is 7.84. The van der Waals surface area contributed by atoms with Gasteiger partial charge in [-0.3, -0.25) is 0 Å². The topological polar surface area (TPSA) is 70.0 Å². The molecular weight excluding hydrogens is 285 g/mol. The van der Waals surface area contributed by atoms with Crippen molar-refractivity contribution in [2.75, 3.05) is 0 Å². The first-order chi connectivity index (χ1) is 9.84. The number of carboxylic acid groups (broad SMARTS) is 1. The minimum absolute atomic E-state index is 0.597. The molecule has 2 rings (SSSR count). The Bertz CT molecular complexity index is 569. The normalized spacial score (nSPS) is 10.5. The number of pyridine rings is 1. The summed E-state index contributed by atoms with van der Waals surface area (Å²) in [6.07, 6.45) is -1.14. The summed E-state index contributed by atoms with van der Waals surface area (Å²) in [5.74, 6) is -3.01. The van der Waals surface area contributed by atoms with Gasteiger partial charge in [0, 0.05) is 30.8 Å². The predicted octanol–water partition coefficient (Wildman–Crippen LogP) is 0.721. The summed E-state index contributed by atoms with van der Waals surface area (Å²) < 4.78 is 33.6. The zero-order chi connectivity index (χ0) is 15.9. The van der Waals surface area contributed by atoms with Gasteiger partial charge in [-0.1, -0.05) is 18.2 Å². The van der Waals surface area contributed by atoms with E-state index in [0.717, 1.165) is 11.3 Å². The van der Waals surface area contributed by atoms with E-state index in [-0.39, 0.29) is 0 Å². The average molecular weight is 298 g/mol. The number of aliphatic carboxylic acids is 1. The van der Waals surface area contributed by atoms with Crippen LogP contribution in [0.5, 0.6) is 0 Å². The summed E-state index contributed by atoms with van der Waals surface area (Å²) in [5, 5.41) is 8.78. The first-order valence-corrected chi connectivity index (χ1v) is 5.88. The highest BCUT2D eigenvalue weighted by molar-refractivity contribution is 5.70. The average Bonchev–Trinajstić information content (AvgIpc) is 2.48. The molecule has 0 unspecified atom stereocenters. The van der Waals surface area contributed by atoms with Crippen molar-refractivity contribution in [2.24, 2.45) is 5.73 Å². The van der Waals surface area contributed by atoms with Crippen molar-refractivity contribution in [3.8, 4) is 5.69 Å². The number of halogens is 3. The van der Waals surface area contributed by atoms with Gasteiger partial charge in [-0.15, -0.1) is 0 Å². The number of hydrogen-bond acceptors (Lipinski definition) is 3. The number of carbonyl (C=O) groups excluding carboxylic acids is 1. The Morgan fingerprint density at radius 2 is 1.57 bits per heavy atom. The second-order valence-corrected chi connectivity index (χ2v) is 3.94. The number of rotatable bonds is 2. The van der Waals surface area contributed by atoms with Crippen molar-refractivity contribution >= 4 is 5.97 Å². The van der Waals surface area contributed by atoms with Crippen LogP contribution in [0, 0.1) is 0 Å². The third-order valence-corrected chi connectivity index (χ3v) is 2.42. The number of aromatic nitrogens is 1. The molecule has 0 spiro atoms. The lowest BCUT2D eigenvalue weighted by molar-refractivity contribution is -0.595. The molecule has 0 amide bonds. The molecule has 0 saturated heterocycles. The van der Waals surface area contributed by atoms with Crippen LogP contribution in [0.15, 0.2) is 54.9 Å². The van der Waals surface area contributed by atoms with Crippen LogP contribution in [0.2, 0.25) is 0 Å². The van der Waals surface area contributed by atoms with Gasteiger partial charge >= 0.3 is 6.18 Å². The van der Waals surface area contributed by atoms with E-state index in [1.54, 1.807) is 0 Å². The molecule has 0 aliphatic rings. The van der Waals surface area contributed by atoms with Gasteiger partial charge in [-0.25, -0.2) is 0 Å². The molecule has 7 heteroatoms. The van der Waals surface area contributed by atoms with Crippen LogP contribution in [0.4, 0.5) is 13.2 Å². The largest absolute Gasteiger partial charge is 0.542 e. The summed E-state index contributed by atoms with van der Waals surface area (Å²) in [4.78, 5) is 8.78. The number of carbonyl (C=O) groups is 1. The van der Waals surface area contributed by atoms with Crippen molar-refractivity contribution in [3.63, 3.8) is 0 Å². The molecule has 0 radical (unpaired) electrons. The van der Waals surface area contributed by atoms with Crippen LogP contribution in [0.1, 0.15) is 5.56 Å². The molecule has 0 atom stereocenters. The first-order valence-electron chi connectivity index (χ1n) is 5.88. The Balaban J connectivity index is 0.000000270. The highest BCUT2D eigenvalue weighted by Crippen LogP contribution is 2.11. The second kappa shape index (κ2) is 7.39. The van der Waals surface area contributed by atoms with Crippen LogP contribution in [-0.4, -0.2) is 12.1 Å².